The fourth-order valence-electron chi connectivity index (χ4n) is 1.40. The summed E-state index contributed by atoms with van der Waals surface area (Å²) in [6, 6.07) is 4.81. The Morgan fingerprint density at radius 3 is 2.76 bits per heavy atom. The molecular formula is C12H17ClN2O2. The van der Waals surface area contributed by atoms with Crippen LogP contribution in [0.25, 0.3) is 0 Å². The molecule has 4 nitrogen and oxygen atoms in total. The number of hydrogen-bond acceptors (Lipinski definition) is 3. The van der Waals surface area contributed by atoms with E-state index >= 15 is 0 Å². The van der Waals surface area contributed by atoms with Crippen molar-refractivity contribution in [3.05, 3.63) is 28.8 Å². The molecule has 0 aliphatic heterocycles. The minimum Gasteiger partial charge on any atom is -0.398 e. The van der Waals surface area contributed by atoms with Crippen LogP contribution < -0.4 is 11.1 Å². The molecule has 1 aromatic carbocycles. The molecule has 0 bridgehead atoms. The lowest BCUT2D eigenvalue weighted by molar-refractivity contribution is 0.0953. The summed E-state index contributed by atoms with van der Waals surface area (Å²) in [6.07, 6.45) is 2.53. The zero-order valence-electron chi connectivity index (χ0n) is 9.58. The van der Waals surface area contributed by atoms with Gasteiger partial charge in [0.1, 0.15) is 0 Å². The molecule has 1 amide bonds. The predicted molar refractivity (Wildman–Crippen MR) is 69.1 cm³/mol. The molecule has 5 heteroatoms. The highest BCUT2D eigenvalue weighted by molar-refractivity contribution is 6.33. The molecule has 0 aliphatic rings. The Balaban J connectivity index is 2.39. The molecular weight excluding hydrogens is 240 g/mol. The summed E-state index contributed by atoms with van der Waals surface area (Å²) in [5.41, 5.74) is 6.52. The number of aliphatic hydroxyl groups is 1. The number of rotatable bonds is 6. The summed E-state index contributed by atoms with van der Waals surface area (Å²) < 4.78 is 0. The lowest BCUT2D eigenvalue weighted by Gasteiger charge is -2.06. The van der Waals surface area contributed by atoms with Crippen LogP contribution in [-0.4, -0.2) is 24.2 Å². The highest BCUT2D eigenvalue weighted by atomic mass is 35.5. The second kappa shape index (κ2) is 7.14. The van der Waals surface area contributed by atoms with Gasteiger partial charge in [0, 0.05) is 18.7 Å². The standard InChI is InChI=1S/C12H17ClN2O2/c13-10-5-4-9(8-11(10)14)12(17)15-6-2-1-3-7-16/h4-5,8,16H,1-3,6-7,14H2,(H,15,17). The third-order valence-electron chi connectivity index (χ3n) is 2.38. The van der Waals surface area contributed by atoms with Crippen LogP contribution in [0, 0.1) is 0 Å². The van der Waals surface area contributed by atoms with E-state index < -0.39 is 0 Å². The molecule has 0 fully saturated rings. The average Bonchev–Trinajstić information content (AvgIpc) is 2.32. The number of halogens is 1. The molecule has 0 spiro atoms. The number of carbonyl (C=O) groups excluding carboxylic acids is 1. The average molecular weight is 257 g/mol. The number of unbranched alkanes of at least 4 members (excludes halogenated alkanes) is 2. The molecule has 0 heterocycles. The van der Waals surface area contributed by atoms with Gasteiger partial charge in [-0.1, -0.05) is 11.6 Å². The van der Waals surface area contributed by atoms with Crippen molar-refractivity contribution in [2.24, 2.45) is 0 Å². The van der Waals surface area contributed by atoms with Gasteiger partial charge in [-0.3, -0.25) is 4.79 Å². The van der Waals surface area contributed by atoms with Gasteiger partial charge in [0.05, 0.1) is 10.7 Å². The van der Waals surface area contributed by atoms with E-state index in [1.807, 2.05) is 0 Å². The van der Waals surface area contributed by atoms with Crippen molar-refractivity contribution in [3.63, 3.8) is 0 Å². The number of benzene rings is 1. The predicted octanol–water partition coefficient (Wildman–Crippen LogP) is 1.81. The van der Waals surface area contributed by atoms with E-state index in [2.05, 4.69) is 5.32 Å². The maximum atomic E-state index is 11.7. The summed E-state index contributed by atoms with van der Waals surface area (Å²) in [4.78, 5) is 11.7. The van der Waals surface area contributed by atoms with E-state index in [4.69, 9.17) is 22.4 Å². The normalized spacial score (nSPS) is 10.2. The Morgan fingerprint density at radius 1 is 1.35 bits per heavy atom. The van der Waals surface area contributed by atoms with Crippen LogP contribution in [0.5, 0.6) is 0 Å². The van der Waals surface area contributed by atoms with Gasteiger partial charge in [-0.25, -0.2) is 0 Å². The van der Waals surface area contributed by atoms with Crippen LogP contribution >= 0.6 is 11.6 Å². The Labute approximate surface area is 106 Å². The third-order valence-corrected chi connectivity index (χ3v) is 2.72. The van der Waals surface area contributed by atoms with Crippen molar-refractivity contribution in [3.8, 4) is 0 Å². The molecule has 4 N–H and O–H groups in total. The molecule has 0 aliphatic carbocycles. The quantitative estimate of drug-likeness (QED) is 0.537. The Hall–Kier alpha value is -1.26. The molecule has 94 valence electrons. The van der Waals surface area contributed by atoms with Crippen LogP contribution in [0.3, 0.4) is 0 Å². The van der Waals surface area contributed by atoms with Gasteiger partial charge in [0.25, 0.3) is 5.91 Å². The Bertz CT molecular complexity index is 383. The zero-order valence-corrected chi connectivity index (χ0v) is 10.3. The molecule has 0 atom stereocenters. The number of aliphatic hydroxyl groups excluding tert-OH is 1. The minimum absolute atomic E-state index is 0.155. The highest BCUT2D eigenvalue weighted by Crippen LogP contribution is 2.19. The summed E-state index contributed by atoms with van der Waals surface area (Å²) >= 11 is 5.77. The van der Waals surface area contributed by atoms with E-state index in [1.165, 1.54) is 0 Å². The van der Waals surface area contributed by atoms with Gasteiger partial charge in [-0.2, -0.15) is 0 Å². The van der Waals surface area contributed by atoms with Crippen LogP contribution in [0.2, 0.25) is 5.02 Å². The van der Waals surface area contributed by atoms with Gasteiger partial charge < -0.3 is 16.2 Å². The van der Waals surface area contributed by atoms with E-state index in [0.717, 1.165) is 19.3 Å². The monoisotopic (exact) mass is 256 g/mol. The number of nitrogen functional groups attached to an aromatic ring is 1. The van der Waals surface area contributed by atoms with Crippen molar-refractivity contribution in [1.82, 2.24) is 5.32 Å². The topological polar surface area (TPSA) is 75.4 Å². The smallest absolute Gasteiger partial charge is 0.251 e. The van der Waals surface area contributed by atoms with Crippen LogP contribution in [-0.2, 0) is 0 Å². The largest absolute Gasteiger partial charge is 0.398 e. The van der Waals surface area contributed by atoms with Crippen molar-refractivity contribution >= 4 is 23.2 Å². The zero-order chi connectivity index (χ0) is 12.7. The van der Waals surface area contributed by atoms with Crippen molar-refractivity contribution in [2.75, 3.05) is 18.9 Å². The number of nitrogens with one attached hydrogen (secondary N) is 1. The van der Waals surface area contributed by atoms with E-state index in [1.54, 1.807) is 18.2 Å². The lowest BCUT2D eigenvalue weighted by Crippen LogP contribution is -2.24. The summed E-state index contributed by atoms with van der Waals surface area (Å²) in [5.74, 6) is -0.155. The minimum atomic E-state index is -0.155. The van der Waals surface area contributed by atoms with Gasteiger partial charge in [0.15, 0.2) is 0 Å². The molecule has 1 aromatic rings. The van der Waals surface area contributed by atoms with Crippen molar-refractivity contribution in [2.45, 2.75) is 19.3 Å². The van der Waals surface area contributed by atoms with Gasteiger partial charge >= 0.3 is 0 Å². The highest BCUT2D eigenvalue weighted by Gasteiger charge is 2.06. The number of nitrogens with two attached hydrogens (primary N) is 1. The van der Waals surface area contributed by atoms with Crippen LogP contribution in [0.4, 0.5) is 5.69 Å². The fourth-order valence-corrected chi connectivity index (χ4v) is 1.52. The molecule has 17 heavy (non-hydrogen) atoms. The maximum absolute atomic E-state index is 11.7. The van der Waals surface area contributed by atoms with Gasteiger partial charge in [-0.05, 0) is 37.5 Å². The Morgan fingerprint density at radius 2 is 2.12 bits per heavy atom. The second-order valence-corrected chi connectivity index (χ2v) is 4.18. The van der Waals surface area contributed by atoms with Crippen molar-refractivity contribution < 1.29 is 9.90 Å². The molecule has 0 radical (unpaired) electrons. The van der Waals surface area contributed by atoms with Crippen molar-refractivity contribution in [1.29, 1.82) is 0 Å². The third kappa shape index (κ3) is 4.63. The first-order chi connectivity index (χ1) is 8.15. The van der Waals surface area contributed by atoms with Crippen LogP contribution in [0.1, 0.15) is 29.6 Å². The molecule has 0 saturated heterocycles. The van der Waals surface area contributed by atoms with Gasteiger partial charge in [0.2, 0.25) is 0 Å². The fraction of sp³-hybridized carbons (Fsp3) is 0.417. The van der Waals surface area contributed by atoms with E-state index in [0.29, 0.717) is 22.8 Å². The van der Waals surface area contributed by atoms with Gasteiger partial charge in [-0.15, -0.1) is 0 Å². The van der Waals surface area contributed by atoms with Crippen LogP contribution in [0.15, 0.2) is 18.2 Å². The number of anilines is 1. The summed E-state index contributed by atoms with van der Waals surface area (Å²) in [7, 11) is 0. The summed E-state index contributed by atoms with van der Waals surface area (Å²) in [5, 5.41) is 11.8. The number of carbonyl (C=O) groups is 1. The van der Waals surface area contributed by atoms with E-state index in [-0.39, 0.29) is 12.5 Å². The first-order valence-corrected chi connectivity index (χ1v) is 5.97. The maximum Gasteiger partial charge on any atom is 0.251 e. The number of amides is 1. The molecule has 0 aromatic heterocycles. The second-order valence-electron chi connectivity index (χ2n) is 3.78. The summed E-state index contributed by atoms with van der Waals surface area (Å²) in [6.45, 7) is 0.795. The first-order valence-electron chi connectivity index (χ1n) is 5.59. The SMILES string of the molecule is Nc1cc(C(=O)NCCCCCO)ccc1Cl. The lowest BCUT2D eigenvalue weighted by atomic mass is 10.2. The first kappa shape index (κ1) is 13.8. The number of hydrogen-bond donors (Lipinski definition) is 3. The molecule has 1 rings (SSSR count). The molecule has 0 unspecified atom stereocenters. The molecule has 0 saturated carbocycles. The van der Waals surface area contributed by atoms with E-state index in [9.17, 15) is 4.79 Å². The Kier molecular flexibility index (Phi) is 5.80.